The second kappa shape index (κ2) is 8.14. The van der Waals surface area contributed by atoms with Crippen molar-refractivity contribution in [2.24, 2.45) is 0 Å². The topological polar surface area (TPSA) is 56.3 Å². The van der Waals surface area contributed by atoms with Crippen LogP contribution in [0.25, 0.3) is 10.2 Å². The Bertz CT molecular complexity index is 571. The van der Waals surface area contributed by atoms with Crippen molar-refractivity contribution in [2.45, 2.75) is 33.6 Å². The van der Waals surface area contributed by atoms with Crippen LogP contribution < -0.4 is 10.1 Å². The number of rotatable bonds is 9. The lowest BCUT2D eigenvalue weighted by molar-refractivity contribution is 0.0996. The zero-order valence-corrected chi connectivity index (χ0v) is 13.8. The molecule has 0 saturated heterocycles. The highest BCUT2D eigenvalue weighted by Crippen LogP contribution is 2.30. The molecule has 0 saturated carbocycles. The maximum absolute atomic E-state index is 5.79. The molecule has 1 N–H and O–H groups in total. The minimum Gasteiger partial charge on any atom is -0.475 e. The van der Waals surface area contributed by atoms with Crippen molar-refractivity contribution in [2.75, 3.05) is 31.7 Å². The first-order chi connectivity index (χ1) is 10.2. The molecule has 2 aromatic rings. The SMILES string of the molecule is CCCNc1nc(OCCOCCC)c2cc(C)sc2n1. The van der Waals surface area contributed by atoms with Crippen LogP contribution in [0.2, 0.25) is 0 Å². The molecule has 0 aliphatic rings. The lowest BCUT2D eigenvalue weighted by Crippen LogP contribution is -2.10. The number of hydrogen-bond donors (Lipinski definition) is 1. The summed E-state index contributed by atoms with van der Waals surface area (Å²) >= 11 is 1.66. The van der Waals surface area contributed by atoms with Gasteiger partial charge < -0.3 is 14.8 Å². The summed E-state index contributed by atoms with van der Waals surface area (Å²) in [5.41, 5.74) is 0. The van der Waals surface area contributed by atoms with E-state index in [1.165, 1.54) is 4.88 Å². The molecule has 0 aromatic carbocycles. The van der Waals surface area contributed by atoms with Gasteiger partial charge in [-0.05, 0) is 25.8 Å². The lowest BCUT2D eigenvalue weighted by Gasteiger charge is -2.09. The molecule has 2 aromatic heterocycles. The summed E-state index contributed by atoms with van der Waals surface area (Å²) in [7, 11) is 0. The molecule has 0 aliphatic carbocycles. The summed E-state index contributed by atoms with van der Waals surface area (Å²) in [5, 5.41) is 4.20. The highest BCUT2D eigenvalue weighted by molar-refractivity contribution is 7.18. The molecule has 6 heteroatoms. The molecule has 5 nitrogen and oxygen atoms in total. The van der Waals surface area contributed by atoms with Crippen molar-refractivity contribution in [1.82, 2.24) is 9.97 Å². The van der Waals surface area contributed by atoms with Crippen molar-refractivity contribution in [1.29, 1.82) is 0 Å². The van der Waals surface area contributed by atoms with E-state index in [0.717, 1.165) is 36.2 Å². The van der Waals surface area contributed by atoms with Gasteiger partial charge in [-0.3, -0.25) is 0 Å². The number of ether oxygens (including phenoxy) is 2. The van der Waals surface area contributed by atoms with Crippen LogP contribution in [-0.4, -0.2) is 36.3 Å². The molecule has 116 valence electrons. The second-order valence-corrected chi connectivity index (χ2v) is 6.05. The fourth-order valence-electron chi connectivity index (χ4n) is 1.89. The van der Waals surface area contributed by atoms with Gasteiger partial charge in [0.2, 0.25) is 11.8 Å². The van der Waals surface area contributed by atoms with Crippen molar-refractivity contribution in [3.8, 4) is 5.88 Å². The number of aryl methyl sites for hydroxylation is 1. The summed E-state index contributed by atoms with van der Waals surface area (Å²) in [5.74, 6) is 1.28. The number of nitrogens with zero attached hydrogens (tertiary/aromatic N) is 2. The van der Waals surface area contributed by atoms with Crippen LogP contribution in [0, 0.1) is 6.92 Å². The molecule has 0 radical (unpaired) electrons. The van der Waals surface area contributed by atoms with Gasteiger partial charge in [0, 0.05) is 18.0 Å². The zero-order valence-electron chi connectivity index (χ0n) is 12.9. The van der Waals surface area contributed by atoms with Gasteiger partial charge in [-0.1, -0.05) is 13.8 Å². The van der Waals surface area contributed by atoms with E-state index in [0.29, 0.717) is 25.0 Å². The van der Waals surface area contributed by atoms with Crippen LogP contribution in [-0.2, 0) is 4.74 Å². The second-order valence-electron chi connectivity index (χ2n) is 4.82. The van der Waals surface area contributed by atoms with Gasteiger partial charge in [-0.2, -0.15) is 4.98 Å². The summed E-state index contributed by atoms with van der Waals surface area (Å²) in [6.07, 6.45) is 2.05. The minimum atomic E-state index is 0.508. The average molecular weight is 309 g/mol. The van der Waals surface area contributed by atoms with E-state index in [2.05, 4.69) is 42.1 Å². The third-order valence-electron chi connectivity index (χ3n) is 2.83. The van der Waals surface area contributed by atoms with Crippen LogP contribution in [0.1, 0.15) is 31.6 Å². The maximum Gasteiger partial charge on any atom is 0.227 e. The van der Waals surface area contributed by atoms with Gasteiger partial charge in [0.1, 0.15) is 11.4 Å². The Morgan fingerprint density at radius 1 is 1.14 bits per heavy atom. The molecular weight excluding hydrogens is 286 g/mol. The first-order valence-corrected chi connectivity index (χ1v) is 8.28. The Hall–Kier alpha value is -1.40. The van der Waals surface area contributed by atoms with Crippen LogP contribution in [0.5, 0.6) is 5.88 Å². The third-order valence-corrected chi connectivity index (χ3v) is 3.77. The fraction of sp³-hybridized carbons (Fsp3) is 0.600. The number of anilines is 1. The Morgan fingerprint density at radius 2 is 2.00 bits per heavy atom. The van der Waals surface area contributed by atoms with E-state index in [9.17, 15) is 0 Å². The van der Waals surface area contributed by atoms with Crippen molar-refractivity contribution in [3.05, 3.63) is 10.9 Å². The first kappa shape index (κ1) is 16.0. The quantitative estimate of drug-likeness (QED) is 0.717. The predicted octanol–water partition coefficient (Wildman–Crippen LogP) is 3.63. The van der Waals surface area contributed by atoms with Gasteiger partial charge in [-0.25, -0.2) is 4.98 Å². The van der Waals surface area contributed by atoms with Gasteiger partial charge in [0.25, 0.3) is 0 Å². The first-order valence-electron chi connectivity index (χ1n) is 7.47. The van der Waals surface area contributed by atoms with Crippen molar-refractivity contribution < 1.29 is 9.47 Å². The molecule has 0 amide bonds. The highest BCUT2D eigenvalue weighted by Gasteiger charge is 2.11. The summed E-state index contributed by atoms with van der Waals surface area (Å²) in [6.45, 7) is 8.99. The fourth-order valence-corrected chi connectivity index (χ4v) is 2.76. The summed E-state index contributed by atoms with van der Waals surface area (Å²) < 4.78 is 11.2. The average Bonchev–Trinajstić information content (AvgIpc) is 2.85. The monoisotopic (exact) mass is 309 g/mol. The van der Waals surface area contributed by atoms with Crippen LogP contribution >= 0.6 is 11.3 Å². The predicted molar refractivity (Wildman–Crippen MR) is 87.5 cm³/mol. The molecular formula is C15H23N3O2S. The molecule has 0 unspecified atom stereocenters. The number of hydrogen-bond acceptors (Lipinski definition) is 6. The molecule has 0 atom stereocenters. The van der Waals surface area contributed by atoms with Gasteiger partial charge >= 0.3 is 0 Å². The third kappa shape index (κ3) is 4.54. The van der Waals surface area contributed by atoms with E-state index in [1.54, 1.807) is 11.3 Å². The number of aromatic nitrogens is 2. The largest absolute Gasteiger partial charge is 0.475 e. The van der Waals surface area contributed by atoms with E-state index in [1.807, 2.05) is 0 Å². The Labute approximate surface area is 129 Å². The standard InChI is InChI=1S/C15H23N3O2S/c1-4-6-16-15-17-13(20-9-8-19-7-5-2)12-10-11(3)21-14(12)18-15/h10H,4-9H2,1-3H3,(H,16,17,18). The number of thiophene rings is 1. The Balaban J connectivity index is 2.10. The Kier molecular flexibility index (Phi) is 6.20. The lowest BCUT2D eigenvalue weighted by atomic mass is 10.3. The van der Waals surface area contributed by atoms with Gasteiger partial charge in [0.15, 0.2) is 0 Å². The molecule has 21 heavy (non-hydrogen) atoms. The molecule has 2 rings (SSSR count). The number of nitrogens with one attached hydrogen (secondary N) is 1. The summed E-state index contributed by atoms with van der Waals surface area (Å²) in [4.78, 5) is 11.2. The van der Waals surface area contributed by atoms with Crippen molar-refractivity contribution in [3.63, 3.8) is 0 Å². The smallest absolute Gasteiger partial charge is 0.227 e. The molecule has 0 fully saturated rings. The van der Waals surface area contributed by atoms with E-state index in [4.69, 9.17) is 9.47 Å². The Morgan fingerprint density at radius 3 is 2.76 bits per heavy atom. The van der Waals surface area contributed by atoms with Gasteiger partial charge in [-0.15, -0.1) is 11.3 Å². The molecule has 0 aliphatic heterocycles. The summed E-state index contributed by atoms with van der Waals surface area (Å²) in [6, 6.07) is 2.08. The van der Waals surface area contributed by atoms with E-state index >= 15 is 0 Å². The van der Waals surface area contributed by atoms with Gasteiger partial charge in [0.05, 0.1) is 12.0 Å². The van der Waals surface area contributed by atoms with Crippen molar-refractivity contribution >= 4 is 27.5 Å². The van der Waals surface area contributed by atoms with E-state index < -0.39 is 0 Å². The molecule has 2 heterocycles. The van der Waals surface area contributed by atoms with Crippen LogP contribution in [0.4, 0.5) is 5.95 Å². The number of fused-ring (bicyclic) bond motifs is 1. The van der Waals surface area contributed by atoms with Crippen LogP contribution in [0.15, 0.2) is 6.07 Å². The highest BCUT2D eigenvalue weighted by atomic mass is 32.1. The molecule has 0 bridgehead atoms. The van der Waals surface area contributed by atoms with E-state index in [-0.39, 0.29) is 0 Å². The normalized spacial score (nSPS) is 11.0. The maximum atomic E-state index is 5.79. The molecule has 0 spiro atoms. The zero-order chi connectivity index (χ0) is 15.1. The van der Waals surface area contributed by atoms with Crippen LogP contribution in [0.3, 0.4) is 0 Å². The minimum absolute atomic E-state index is 0.508.